The van der Waals surface area contributed by atoms with E-state index in [1.54, 1.807) is 11.3 Å². The lowest BCUT2D eigenvalue weighted by atomic mass is 9.61. The highest BCUT2D eigenvalue weighted by atomic mass is 32.2. The van der Waals surface area contributed by atoms with Gasteiger partial charge in [-0.2, -0.15) is 5.26 Å². The highest BCUT2D eigenvalue weighted by Gasteiger charge is 2.50. The maximum absolute atomic E-state index is 10.0. The van der Waals surface area contributed by atoms with Crippen molar-refractivity contribution in [3.63, 3.8) is 0 Å². The first-order valence-corrected chi connectivity index (χ1v) is 11.7. The molecule has 1 aromatic heterocycles. The van der Waals surface area contributed by atoms with Crippen molar-refractivity contribution >= 4 is 28.9 Å². The number of hydrogen-bond acceptors (Lipinski definition) is 6. The van der Waals surface area contributed by atoms with Crippen LogP contribution in [0, 0.1) is 23.7 Å². The van der Waals surface area contributed by atoms with Crippen molar-refractivity contribution in [1.82, 2.24) is 4.98 Å². The summed E-state index contributed by atoms with van der Waals surface area (Å²) < 4.78 is 0. The highest BCUT2D eigenvalue weighted by molar-refractivity contribution is 8.02. The molecule has 6 heteroatoms. The molecule has 1 atom stereocenters. The molecule has 1 aliphatic heterocycles. The van der Waals surface area contributed by atoms with Gasteiger partial charge in [-0.15, -0.1) is 23.1 Å². The Morgan fingerprint density at radius 3 is 2.57 bits per heavy atom. The summed E-state index contributed by atoms with van der Waals surface area (Å²) in [6, 6.07) is 10.9. The van der Waals surface area contributed by atoms with Gasteiger partial charge in [0.25, 0.3) is 0 Å². The minimum atomic E-state index is -0.264. The molecule has 2 aliphatic rings. The molecular formula is C22H24N4S2. The Kier molecular flexibility index (Phi) is 5.31. The maximum atomic E-state index is 10.0. The number of nitrogens with two attached hydrogens (primary N) is 1. The quantitative estimate of drug-likeness (QED) is 0.715. The standard InChI is InChI=1S/C22H24N4S2/c1-14-6-8-15(9-7-14)17-13-28-21(25-17)18-19(24)26-20(27-2)16(12-23)22(18)10-4-3-5-11-22/h6-9,13,18H,3-5,10-11H2,1-2H3,(H2,24,26). The topological polar surface area (TPSA) is 75.1 Å². The van der Waals surface area contributed by atoms with Crippen LogP contribution in [0.1, 0.15) is 48.6 Å². The molecule has 1 aromatic carbocycles. The number of amidine groups is 1. The number of allylic oxidation sites excluding steroid dienone is 1. The van der Waals surface area contributed by atoms with Crippen LogP contribution in [0.5, 0.6) is 0 Å². The first-order chi connectivity index (χ1) is 13.6. The van der Waals surface area contributed by atoms with Gasteiger partial charge in [0.1, 0.15) is 15.9 Å². The molecule has 1 aliphatic carbocycles. The van der Waals surface area contributed by atoms with Crippen molar-refractivity contribution < 1.29 is 0 Å². The second kappa shape index (κ2) is 7.73. The van der Waals surface area contributed by atoms with Crippen LogP contribution in [-0.2, 0) is 0 Å². The summed E-state index contributed by atoms with van der Waals surface area (Å²) in [6.45, 7) is 2.08. The Labute approximate surface area is 174 Å². The largest absolute Gasteiger partial charge is 0.387 e. The molecule has 1 unspecified atom stereocenters. The fraction of sp³-hybridized carbons (Fsp3) is 0.409. The molecule has 28 heavy (non-hydrogen) atoms. The molecule has 2 aromatic rings. The molecule has 144 valence electrons. The molecule has 0 saturated heterocycles. The molecule has 4 rings (SSSR count). The zero-order valence-corrected chi connectivity index (χ0v) is 17.9. The van der Waals surface area contributed by atoms with E-state index in [0.717, 1.165) is 52.6 Å². The van der Waals surface area contributed by atoms with Gasteiger partial charge < -0.3 is 5.73 Å². The van der Waals surface area contributed by atoms with Gasteiger partial charge in [0.15, 0.2) is 0 Å². The van der Waals surface area contributed by atoms with Crippen molar-refractivity contribution in [3.05, 3.63) is 50.8 Å². The van der Waals surface area contributed by atoms with E-state index in [0.29, 0.717) is 5.84 Å². The van der Waals surface area contributed by atoms with Crippen LogP contribution < -0.4 is 5.73 Å². The van der Waals surface area contributed by atoms with E-state index in [1.807, 2.05) is 6.26 Å². The maximum Gasteiger partial charge on any atom is 0.112 e. The Bertz CT molecular complexity index is 973. The van der Waals surface area contributed by atoms with Gasteiger partial charge in [-0.3, -0.25) is 0 Å². The van der Waals surface area contributed by atoms with Gasteiger partial charge in [0.2, 0.25) is 0 Å². The zero-order chi connectivity index (χ0) is 19.7. The van der Waals surface area contributed by atoms with E-state index >= 15 is 0 Å². The molecule has 0 radical (unpaired) electrons. The molecule has 0 bridgehead atoms. The predicted molar refractivity (Wildman–Crippen MR) is 118 cm³/mol. The molecular weight excluding hydrogens is 384 g/mol. The number of aromatic nitrogens is 1. The van der Waals surface area contributed by atoms with Crippen LogP contribution in [-0.4, -0.2) is 17.1 Å². The van der Waals surface area contributed by atoms with Gasteiger partial charge in [-0.1, -0.05) is 49.1 Å². The highest BCUT2D eigenvalue weighted by Crippen LogP contribution is 2.56. The van der Waals surface area contributed by atoms with Gasteiger partial charge in [-0.25, -0.2) is 9.98 Å². The van der Waals surface area contributed by atoms with E-state index < -0.39 is 0 Å². The number of rotatable bonds is 3. The number of hydrogen-bond donors (Lipinski definition) is 1. The summed E-state index contributed by atoms with van der Waals surface area (Å²) in [7, 11) is 0. The summed E-state index contributed by atoms with van der Waals surface area (Å²) in [5.74, 6) is 0.498. The lowest BCUT2D eigenvalue weighted by Crippen LogP contribution is -2.43. The van der Waals surface area contributed by atoms with E-state index in [1.165, 1.54) is 23.7 Å². The second-order valence-electron chi connectivity index (χ2n) is 7.62. The van der Waals surface area contributed by atoms with Crippen molar-refractivity contribution in [2.75, 3.05) is 6.26 Å². The summed E-state index contributed by atoms with van der Waals surface area (Å²) in [5.41, 5.74) is 10.4. The van der Waals surface area contributed by atoms with Gasteiger partial charge >= 0.3 is 0 Å². The summed E-state index contributed by atoms with van der Waals surface area (Å²) in [5, 5.41) is 13.9. The van der Waals surface area contributed by atoms with Gasteiger partial charge in [0.05, 0.1) is 23.3 Å². The van der Waals surface area contributed by atoms with Crippen molar-refractivity contribution in [3.8, 4) is 17.3 Å². The fourth-order valence-corrected chi connectivity index (χ4v) is 6.25. The van der Waals surface area contributed by atoms with Crippen molar-refractivity contribution in [2.45, 2.75) is 44.9 Å². The minimum absolute atomic E-state index is 0.109. The SMILES string of the molecule is CSC1=C(C#N)C2(CCCCC2)C(c2nc(-c3ccc(C)cc3)cs2)C(N)=N1. The van der Waals surface area contributed by atoms with Crippen LogP contribution in [0.2, 0.25) is 0 Å². The molecule has 2 heterocycles. The van der Waals surface area contributed by atoms with Crippen LogP contribution in [0.25, 0.3) is 11.3 Å². The van der Waals surface area contributed by atoms with E-state index in [-0.39, 0.29) is 11.3 Å². The molecule has 4 nitrogen and oxygen atoms in total. The normalized spacial score (nSPS) is 21.5. The first kappa shape index (κ1) is 19.2. The number of benzene rings is 1. The van der Waals surface area contributed by atoms with Crippen LogP contribution >= 0.6 is 23.1 Å². The Morgan fingerprint density at radius 2 is 1.93 bits per heavy atom. The Morgan fingerprint density at radius 1 is 1.21 bits per heavy atom. The van der Waals surface area contributed by atoms with E-state index in [9.17, 15) is 5.26 Å². The lowest BCUT2D eigenvalue weighted by molar-refractivity contribution is 0.224. The predicted octanol–water partition coefficient (Wildman–Crippen LogP) is 5.62. The van der Waals surface area contributed by atoms with E-state index in [2.05, 4.69) is 47.6 Å². The summed E-state index contributed by atoms with van der Waals surface area (Å²) in [6.07, 6.45) is 7.37. The molecule has 1 saturated carbocycles. The number of nitriles is 1. The van der Waals surface area contributed by atoms with Crippen molar-refractivity contribution in [2.24, 2.45) is 16.1 Å². The van der Waals surface area contributed by atoms with Gasteiger partial charge in [0, 0.05) is 16.4 Å². The first-order valence-electron chi connectivity index (χ1n) is 9.64. The number of aryl methyl sites for hydroxylation is 1. The molecule has 1 fully saturated rings. The van der Waals surface area contributed by atoms with Crippen LogP contribution in [0.3, 0.4) is 0 Å². The molecule has 2 N–H and O–H groups in total. The fourth-order valence-electron chi connectivity index (χ4n) is 4.55. The number of thiazole rings is 1. The summed E-state index contributed by atoms with van der Waals surface area (Å²) >= 11 is 3.16. The average Bonchev–Trinajstić information content (AvgIpc) is 3.18. The second-order valence-corrected chi connectivity index (χ2v) is 9.30. The number of thioether (sulfide) groups is 1. The van der Waals surface area contributed by atoms with Crippen LogP contribution in [0.4, 0.5) is 0 Å². The smallest absolute Gasteiger partial charge is 0.112 e. The average molecular weight is 409 g/mol. The minimum Gasteiger partial charge on any atom is -0.387 e. The Hall–Kier alpha value is -2.10. The third kappa shape index (κ3) is 3.17. The third-order valence-electron chi connectivity index (χ3n) is 5.96. The lowest BCUT2D eigenvalue weighted by Gasteiger charge is -2.44. The van der Waals surface area contributed by atoms with Crippen molar-refractivity contribution in [1.29, 1.82) is 5.26 Å². The summed E-state index contributed by atoms with van der Waals surface area (Å²) in [4.78, 5) is 9.61. The zero-order valence-electron chi connectivity index (χ0n) is 16.2. The molecule has 0 amide bonds. The van der Waals surface area contributed by atoms with Gasteiger partial charge in [-0.05, 0) is 26.0 Å². The number of aliphatic imine (C=N–C) groups is 1. The third-order valence-corrected chi connectivity index (χ3v) is 7.55. The number of nitrogens with zero attached hydrogens (tertiary/aromatic N) is 3. The Balaban J connectivity index is 1.80. The van der Waals surface area contributed by atoms with Crippen LogP contribution in [0.15, 0.2) is 45.2 Å². The monoisotopic (exact) mass is 408 g/mol. The molecule has 1 spiro atoms. The van der Waals surface area contributed by atoms with E-state index in [4.69, 9.17) is 10.7 Å².